The molecule has 0 radical (unpaired) electrons. The molecule has 1 fully saturated rings. The van der Waals surface area contributed by atoms with E-state index in [2.05, 4.69) is 40.3 Å². The molecule has 0 aromatic heterocycles. The van der Waals surface area contributed by atoms with Gasteiger partial charge in [0.25, 0.3) is 0 Å². The summed E-state index contributed by atoms with van der Waals surface area (Å²) in [5, 5.41) is 0. The van der Waals surface area contributed by atoms with Crippen LogP contribution in [-0.4, -0.2) is 17.0 Å². The predicted molar refractivity (Wildman–Crippen MR) is 148 cm³/mol. The van der Waals surface area contributed by atoms with E-state index in [1.54, 1.807) is 6.08 Å². The van der Waals surface area contributed by atoms with Gasteiger partial charge in [0.1, 0.15) is 0 Å². The molecule has 2 aliphatic carbocycles. The summed E-state index contributed by atoms with van der Waals surface area (Å²) in [6.45, 7) is 14.1. The molecule has 0 aromatic rings. The summed E-state index contributed by atoms with van der Waals surface area (Å²) in [6, 6.07) is 0.249. The second kappa shape index (κ2) is 27.9. The first-order chi connectivity index (χ1) is 12.9. The van der Waals surface area contributed by atoms with Crippen molar-refractivity contribution in [2.75, 3.05) is 0 Å². The molecular weight excluding hydrogens is 426 g/mol. The van der Waals surface area contributed by atoms with Crippen LogP contribution >= 0.6 is 0 Å². The van der Waals surface area contributed by atoms with Crippen LogP contribution in [0.4, 0.5) is 0 Å². The van der Waals surface area contributed by atoms with Gasteiger partial charge in [-0.05, 0) is 17.9 Å². The molecule has 0 spiro atoms. The van der Waals surface area contributed by atoms with Gasteiger partial charge in [0, 0.05) is 0 Å². The van der Waals surface area contributed by atoms with Crippen molar-refractivity contribution in [2.24, 2.45) is 5.92 Å². The summed E-state index contributed by atoms with van der Waals surface area (Å²) < 4.78 is 0. The molecule has 0 amide bonds. The SMILES string of the molecule is C=CC=CC.CC1=[C-]C(C)C(C)=C1C.[CH3-].[CH3-].[NH-]C1CCCCCCCCCCC1.[SiH4].[Ti+4]. The monoisotopic (exact) mass is 481 g/mol. The van der Waals surface area contributed by atoms with E-state index in [0.29, 0.717) is 5.92 Å². The van der Waals surface area contributed by atoms with Crippen molar-refractivity contribution in [3.05, 3.63) is 68.2 Å². The first-order valence-electron chi connectivity index (χ1n) is 11.2. The minimum absolute atomic E-state index is 0. The molecule has 180 valence electrons. The Morgan fingerprint density at radius 3 is 1.45 bits per heavy atom. The van der Waals surface area contributed by atoms with E-state index < -0.39 is 0 Å². The number of hydrogen-bond donors (Lipinski definition) is 0. The van der Waals surface area contributed by atoms with Gasteiger partial charge in [0.2, 0.25) is 0 Å². The zero-order chi connectivity index (χ0) is 20.5. The fourth-order valence-corrected chi connectivity index (χ4v) is 3.46. The first-order valence-corrected chi connectivity index (χ1v) is 11.2. The Hall–Kier alpha value is -0.149. The summed E-state index contributed by atoms with van der Waals surface area (Å²) in [5.74, 6) is 0.560. The average Bonchev–Trinajstić information content (AvgIpc) is 2.85. The summed E-state index contributed by atoms with van der Waals surface area (Å²) in [6.07, 6.45) is 23.7. The van der Waals surface area contributed by atoms with Gasteiger partial charge in [-0.3, -0.25) is 6.08 Å². The topological polar surface area (TPSA) is 23.8 Å². The van der Waals surface area contributed by atoms with Crippen LogP contribution in [-0.2, 0) is 21.7 Å². The molecule has 1 N–H and O–H groups in total. The van der Waals surface area contributed by atoms with Crippen LogP contribution in [0.5, 0.6) is 0 Å². The Bertz CT molecular complexity index is 467. The molecule has 1 saturated carbocycles. The fourth-order valence-electron chi connectivity index (χ4n) is 3.46. The standard InChI is InChI=1S/C12H24N.C9H13.C5H8.2CH3.H4Si.Ti/c13-12-10-8-6-4-2-1-3-5-7-9-11-12;1-6-5-7(2)9(4)8(6)3;1-3-5-4-2;;;;/h12-13H,1-11H2;6H,1-4H3;3-5H,1H2,2H3;2*1H3;1H4;/q2*-1;;2*-1;;+4. The van der Waals surface area contributed by atoms with Crippen LogP contribution < -0.4 is 0 Å². The minimum atomic E-state index is 0. The van der Waals surface area contributed by atoms with Crippen LogP contribution in [0.25, 0.3) is 5.73 Å². The molecule has 31 heavy (non-hydrogen) atoms. The number of nitrogens with one attached hydrogen (secondary N) is 1. The van der Waals surface area contributed by atoms with Crippen molar-refractivity contribution >= 4 is 11.0 Å². The quantitative estimate of drug-likeness (QED) is 0.203. The maximum absolute atomic E-state index is 7.80. The van der Waals surface area contributed by atoms with E-state index in [4.69, 9.17) is 5.73 Å². The van der Waals surface area contributed by atoms with E-state index in [9.17, 15) is 0 Å². The van der Waals surface area contributed by atoms with Crippen molar-refractivity contribution in [1.29, 1.82) is 0 Å². The number of rotatable bonds is 1. The molecule has 0 aliphatic heterocycles. The van der Waals surface area contributed by atoms with Gasteiger partial charge in [-0.25, -0.2) is 5.57 Å². The van der Waals surface area contributed by atoms with Crippen molar-refractivity contribution in [3.8, 4) is 0 Å². The maximum atomic E-state index is 7.80. The van der Waals surface area contributed by atoms with Gasteiger partial charge < -0.3 is 20.6 Å². The van der Waals surface area contributed by atoms with Crippen LogP contribution in [0.2, 0.25) is 0 Å². The normalized spacial score (nSPS) is 19.7. The summed E-state index contributed by atoms with van der Waals surface area (Å²) in [7, 11) is 0. The number of allylic oxidation sites excluding steroid dienone is 7. The van der Waals surface area contributed by atoms with Crippen molar-refractivity contribution < 1.29 is 21.7 Å². The predicted octanol–water partition coefficient (Wildman–Crippen LogP) is 8.63. The molecule has 1 nitrogen and oxygen atoms in total. The molecular formula is C28H55NSiTi. The second-order valence-electron chi connectivity index (χ2n) is 8.02. The number of hydrogen-bond acceptors (Lipinski definition) is 0. The van der Waals surface area contributed by atoms with Crippen LogP contribution in [0.1, 0.15) is 105 Å². The molecule has 1 unspecified atom stereocenters. The summed E-state index contributed by atoms with van der Waals surface area (Å²) >= 11 is 0. The molecule has 0 aromatic carbocycles. The smallest absolute Gasteiger partial charge is 0.675 e. The van der Waals surface area contributed by atoms with Crippen molar-refractivity contribution in [3.63, 3.8) is 0 Å². The van der Waals surface area contributed by atoms with Gasteiger partial charge in [-0.2, -0.15) is 11.1 Å². The Morgan fingerprint density at radius 2 is 1.26 bits per heavy atom. The molecule has 2 rings (SSSR count). The van der Waals surface area contributed by atoms with Crippen LogP contribution in [0.3, 0.4) is 0 Å². The van der Waals surface area contributed by atoms with Gasteiger partial charge >= 0.3 is 21.7 Å². The Morgan fingerprint density at radius 1 is 0.871 bits per heavy atom. The van der Waals surface area contributed by atoms with Crippen molar-refractivity contribution in [1.82, 2.24) is 0 Å². The van der Waals surface area contributed by atoms with E-state index in [1.165, 1.54) is 74.5 Å². The second-order valence-corrected chi connectivity index (χ2v) is 8.02. The van der Waals surface area contributed by atoms with Crippen molar-refractivity contribution in [2.45, 2.75) is 111 Å². The Labute approximate surface area is 217 Å². The van der Waals surface area contributed by atoms with E-state index in [0.717, 1.165) is 12.8 Å². The molecule has 0 saturated heterocycles. The summed E-state index contributed by atoms with van der Waals surface area (Å²) in [4.78, 5) is 0. The third-order valence-electron chi connectivity index (χ3n) is 5.67. The van der Waals surface area contributed by atoms with Gasteiger partial charge in [-0.1, -0.05) is 122 Å². The zero-order valence-corrected chi connectivity index (χ0v) is 22.9. The maximum Gasteiger partial charge on any atom is 4.00 e. The first kappa shape index (κ1) is 41.1. The van der Waals surface area contributed by atoms with Gasteiger partial charge in [-0.15, -0.1) is 13.0 Å². The fraction of sp³-hybridized carbons (Fsp3) is 0.643. The van der Waals surface area contributed by atoms with Gasteiger partial charge in [0.15, 0.2) is 0 Å². The van der Waals surface area contributed by atoms with Gasteiger partial charge in [0.05, 0.1) is 0 Å². The third kappa shape index (κ3) is 22.8. The molecule has 0 bridgehead atoms. The van der Waals surface area contributed by atoms with Crippen LogP contribution in [0.15, 0.2) is 41.5 Å². The minimum Gasteiger partial charge on any atom is -0.675 e. The zero-order valence-electron chi connectivity index (χ0n) is 21.4. The van der Waals surface area contributed by atoms with E-state index >= 15 is 0 Å². The Kier molecular flexibility index (Phi) is 37.0. The van der Waals surface area contributed by atoms with Crippen LogP contribution in [0, 0.1) is 26.8 Å². The Balaban J connectivity index is -0.000000111. The average molecular weight is 482 g/mol. The third-order valence-corrected chi connectivity index (χ3v) is 5.67. The van der Waals surface area contributed by atoms with E-state index in [-0.39, 0.29) is 53.6 Å². The van der Waals surface area contributed by atoms with E-state index in [1.807, 2.05) is 19.1 Å². The molecule has 3 heteroatoms. The molecule has 2 aliphatic rings. The molecule has 1 atom stereocenters. The molecule has 0 heterocycles. The largest absolute Gasteiger partial charge is 4.00 e. The summed E-state index contributed by atoms with van der Waals surface area (Å²) in [5.41, 5.74) is 12.0.